The van der Waals surface area contributed by atoms with Crippen molar-refractivity contribution in [3.8, 4) is 0 Å². The van der Waals surface area contributed by atoms with Gasteiger partial charge in [0.05, 0.1) is 12.9 Å². The van der Waals surface area contributed by atoms with Crippen LogP contribution in [-0.4, -0.2) is 6.61 Å². The van der Waals surface area contributed by atoms with Gasteiger partial charge in [-0.3, -0.25) is 0 Å². The molecule has 0 aromatic carbocycles. The molecule has 0 spiro atoms. The SMILES string of the molecule is C1=CCCCC(C2=CC=COCC2)=C1. The Bertz CT molecular complexity index is 273. The van der Waals surface area contributed by atoms with Crippen LogP contribution in [0.3, 0.4) is 0 Å². The molecule has 1 heteroatoms. The molecule has 0 saturated heterocycles. The zero-order valence-electron chi connectivity index (χ0n) is 8.41. The van der Waals surface area contributed by atoms with Gasteiger partial charge < -0.3 is 4.74 Å². The summed E-state index contributed by atoms with van der Waals surface area (Å²) in [7, 11) is 0. The molecule has 14 heavy (non-hydrogen) atoms. The Balaban J connectivity index is 2.12. The van der Waals surface area contributed by atoms with E-state index in [0.717, 1.165) is 13.0 Å². The normalized spacial score (nSPS) is 21.7. The Hall–Kier alpha value is -1.24. The molecule has 0 fully saturated rings. The maximum Gasteiger partial charge on any atom is 0.0913 e. The summed E-state index contributed by atoms with van der Waals surface area (Å²) < 4.78 is 5.27. The van der Waals surface area contributed by atoms with E-state index in [9.17, 15) is 0 Å². The van der Waals surface area contributed by atoms with E-state index in [1.54, 1.807) is 6.26 Å². The highest BCUT2D eigenvalue weighted by Gasteiger charge is 2.06. The third-order valence-corrected chi connectivity index (χ3v) is 2.62. The molecule has 0 aromatic heterocycles. The summed E-state index contributed by atoms with van der Waals surface area (Å²) in [6.07, 6.45) is 17.3. The quantitative estimate of drug-likeness (QED) is 0.612. The Kier molecular flexibility index (Phi) is 3.23. The maximum atomic E-state index is 5.27. The molecular formula is C13H16O. The first kappa shape index (κ1) is 9.32. The van der Waals surface area contributed by atoms with E-state index in [1.165, 1.54) is 30.4 Å². The third-order valence-electron chi connectivity index (χ3n) is 2.62. The summed E-state index contributed by atoms with van der Waals surface area (Å²) in [4.78, 5) is 0. The van der Waals surface area contributed by atoms with E-state index in [4.69, 9.17) is 4.74 Å². The number of allylic oxidation sites excluding steroid dienone is 6. The van der Waals surface area contributed by atoms with Gasteiger partial charge in [-0.1, -0.05) is 24.3 Å². The van der Waals surface area contributed by atoms with Crippen LogP contribution in [0.4, 0.5) is 0 Å². The number of hydrogen-bond acceptors (Lipinski definition) is 1. The van der Waals surface area contributed by atoms with E-state index in [2.05, 4.69) is 24.3 Å². The minimum absolute atomic E-state index is 0.809. The second-order valence-corrected chi connectivity index (χ2v) is 3.65. The van der Waals surface area contributed by atoms with Crippen molar-refractivity contribution in [1.82, 2.24) is 0 Å². The lowest BCUT2D eigenvalue weighted by atomic mass is 9.98. The first-order valence-corrected chi connectivity index (χ1v) is 5.30. The molecule has 0 N–H and O–H groups in total. The summed E-state index contributed by atoms with van der Waals surface area (Å²) in [5.74, 6) is 0. The van der Waals surface area contributed by atoms with Crippen molar-refractivity contribution in [3.63, 3.8) is 0 Å². The highest BCUT2D eigenvalue weighted by atomic mass is 16.5. The largest absolute Gasteiger partial charge is 0.501 e. The summed E-state index contributed by atoms with van der Waals surface area (Å²) in [6.45, 7) is 0.809. The van der Waals surface area contributed by atoms with E-state index >= 15 is 0 Å². The summed E-state index contributed by atoms with van der Waals surface area (Å²) in [5.41, 5.74) is 2.92. The van der Waals surface area contributed by atoms with Crippen LogP contribution in [0.5, 0.6) is 0 Å². The molecule has 0 radical (unpaired) electrons. The number of ether oxygens (including phenoxy) is 1. The van der Waals surface area contributed by atoms with Gasteiger partial charge in [-0.25, -0.2) is 0 Å². The monoisotopic (exact) mass is 188 g/mol. The molecule has 74 valence electrons. The standard InChI is InChI=1S/C13H16O/c1-2-4-7-12(6-3-1)13-8-5-10-14-11-9-13/h1,3,5-6,8,10H,2,4,7,9,11H2. The molecule has 1 nitrogen and oxygen atoms in total. The molecule has 2 rings (SSSR count). The fourth-order valence-corrected chi connectivity index (χ4v) is 1.84. The van der Waals surface area contributed by atoms with Crippen molar-refractivity contribution in [2.45, 2.75) is 25.7 Å². The lowest BCUT2D eigenvalue weighted by Crippen LogP contribution is -1.93. The van der Waals surface area contributed by atoms with Gasteiger partial charge in [0.2, 0.25) is 0 Å². The van der Waals surface area contributed by atoms with Gasteiger partial charge in [-0.05, 0) is 36.5 Å². The lowest BCUT2D eigenvalue weighted by Gasteiger charge is -2.08. The first-order chi connectivity index (χ1) is 6.97. The van der Waals surface area contributed by atoms with Crippen LogP contribution in [-0.2, 0) is 4.74 Å². The fourth-order valence-electron chi connectivity index (χ4n) is 1.84. The van der Waals surface area contributed by atoms with Crippen LogP contribution in [0.2, 0.25) is 0 Å². The molecule has 0 amide bonds. The van der Waals surface area contributed by atoms with E-state index < -0.39 is 0 Å². The highest BCUT2D eigenvalue weighted by molar-refractivity contribution is 5.37. The van der Waals surface area contributed by atoms with E-state index in [1.807, 2.05) is 6.08 Å². The average Bonchev–Trinajstić information content (AvgIpc) is 2.62. The minimum Gasteiger partial charge on any atom is -0.501 e. The smallest absolute Gasteiger partial charge is 0.0913 e. The van der Waals surface area contributed by atoms with Crippen molar-refractivity contribution < 1.29 is 4.74 Å². The number of hydrogen-bond donors (Lipinski definition) is 0. The first-order valence-electron chi connectivity index (χ1n) is 5.30. The zero-order valence-corrected chi connectivity index (χ0v) is 8.41. The summed E-state index contributed by atoms with van der Waals surface area (Å²) >= 11 is 0. The van der Waals surface area contributed by atoms with Crippen molar-refractivity contribution in [2.75, 3.05) is 6.61 Å². The van der Waals surface area contributed by atoms with Gasteiger partial charge in [0.25, 0.3) is 0 Å². The predicted molar refractivity (Wildman–Crippen MR) is 58.9 cm³/mol. The van der Waals surface area contributed by atoms with Crippen molar-refractivity contribution >= 4 is 0 Å². The predicted octanol–water partition coefficient (Wildman–Crippen LogP) is 3.51. The summed E-state index contributed by atoms with van der Waals surface area (Å²) in [6, 6.07) is 0. The van der Waals surface area contributed by atoms with Crippen LogP contribution in [0.1, 0.15) is 25.7 Å². The van der Waals surface area contributed by atoms with Gasteiger partial charge in [0.1, 0.15) is 0 Å². The Morgan fingerprint density at radius 2 is 1.86 bits per heavy atom. The molecule has 2 aliphatic rings. The molecule has 0 bridgehead atoms. The molecule has 1 aliphatic heterocycles. The van der Waals surface area contributed by atoms with Gasteiger partial charge in [0.15, 0.2) is 0 Å². The van der Waals surface area contributed by atoms with Crippen molar-refractivity contribution in [1.29, 1.82) is 0 Å². The zero-order chi connectivity index (χ0) is 9.64. The van der Waals surface area contributed by atoms with E-state index in [-0.39, 0.29) is 0 Å². The van der Waals surface area contributed by atoms with E-state index in [0.29, 0.717) is 0 Å². The van der Waals surface area contributed by atoms with Crippen LogP contribution in [0, 0.1) is 0 Å². The third kappa shape index (κ3) is 2.38. The Labute approximate surface area is 85.5 Å². The fraction of sp³-hybridized carbons (Fsp3) is 0.385. The molecule has 0 saturated carbocycles. The Morgan fingerprint density at radius 3 is 2.86 bits per heavy atom. The molecule has 0 atom stereocenters. The van der Waals surface area contributed by atoms with Crippen LogP contribution in [0.15, 0.2) is 47.8 Å². The summed E-state index contributed by atoms with van der Waals surface area (Å²) in [5, 5.41) is 0. The molecule has 1 aliphatic carbocycles. The minimum atomic E-state index is 0.809. The molecule has 1 heterocycles. The van der Waals surface area contributed by atoms with Gasteiger partial charge >= 0.3 is 0 Å². The average molecular weight is 188 g/mol. The topological polar surface area (TPSA) is 9.23 Å². The maximum absolute atomic E-state index is 5.27. The van der Waals surface area contributed by atoms with Crippen LogP contribution in [0.25, 0.3) is 0 Å². The van der Waals surface area contributed by atoms with Gasteiger partial charge in [-0.15, -0.1) is 0 Å². The number of rotatable bonds is 1. The molecule has 0 unspecified atom stereocenters. The Morgan fingerprint density at radius 1 is 1.00 bits per heavy atom. The van der Waals surface area contributed by atoms with Crippen LogP contribution < -0.4 is 0 Å². The molecular weight excluding hydrogens is 172 g/mol. The highest BCUT2D eigenvalue weighted by Crippen LogP contribution is 2.23. The molecule has 0 aromatic rings. The second kappa shape index (κ2) is 4.85. The van der Waals surface area contributed by atoms with Gasteiger partial charge in [0, 0.05) is 6.42 Å². The lowest BCUT2D eigenvalue weighted by molar-refractivity contribution is 0.256. The van der Waals surface area contributed by atoms with Crippen molar-refractivity contribution in [3.05, 3.63) is 47.8 Å². The second-order valence-electron chi connectivity index (χ2n) is 3.65. The van der Waals surface area contributed by atoms with Gasteiger partial charge in [-0.2, -0.15) is 0 Å². The van der Waals surface area contributed by atoms with Crippen LogP contribution >= 0.6 is 0 Å². The van der Waals surface area contributed by atoms with Crippen molar-refractivity contribution in [2.24, 2.45) is 0 Å².